The van der Waals surface area contributed by atoms with E-state index in [-0.39, 0.29) is 25.1 Å². The monoisotopic (exact) mass is 401 g/mol. The van der Waals surface area contributed by atoms with Crippen molar-refractivity contribution in [2.45, 2.75) is 46.3 Å². The summed E-state index contributed by atoms with van der Waals surface area (Å²) in [5.41, 5.74) is 0.714. The molecule has 0 aromatic carbocycles. The van der Waals surface area contributed by atoms with E-state index in [2.05, 4.69) is 9.72 Å². The minimum Gasteiger partial charge on any atom is -0.469 e. The predicted molar refractivity (Wildman–Crippen MR) is 109 cm³/mol. The molecule has 8 nitrogen and oxygen atoms in total. The Morgan fingerprint density at radius 3 is 2.55 bits per heavy atom. The first-order valence-corrected chi connectivity index (χ1v) is 9.28. The summed E-state index contributed by atoms with van der Waals surface area (Å²) in [6.45, 7) is 7.55. The van der Waals surface area contributed by atoms with E-state index in [1.54, 1.807) is 64.5 Å². The molecule has 2 aromatic rings. The van der Waals surface area contributed by atoms with Crippen LogP contribution >= 0.6 is 0 Å². The summed E-state index contributed by atoms with van der Waals surface area (Å²) < 4.78 is 11.6. The molecule has 0 unspecified atom stereocenters. The Morgan fingerprint density at radius 2 is 1.97 bits per heavy atom. The van der Waals surface area contributed by atoms with Gasteiger partial charge in [0.05, 0.1) is 25.4 Å². The SMILES string of the molecule is COC(=O)Cc1c(C)ccn(CCN(C(=O)OC(C)(C)C)c2cccnc2)c1=O. The summed E-state index contributed by atoms with van der Waals surface area (Å²) in [6, 6.07) is 5.23. The van der Waals surface area contributed by atoms with Gasteiger partial charge in [-0.2, -0.15) is 0 Å². The molecule has 0 spiro atoms. The first-order valence-electron chi connectivity index (χ1n) is 9.28. The summed E-state index contributed by atoms with van der Waals surface area (Å²) in [7, 11) is 1.28. The van der Waals surface area contributed by atoms with Gasteiger partial charge in [0.15, 0.2) is 0 Å². The van der Waals surface area contributed by atoms with Gasteiger partial charge >= 0.3 is 12.1 Å². The van der Waals surface area contributed by atoms with E-state index in [9.17, 15) is 14.4 Å². The lowest BCUT2D eigenvalue weighted by atomic mass is 10.1. The number of hydrogen-bond donors (Lipinski definition) is 0. The van der Waals surface area contributed by atoms with Gasteiger partial charge in [-0.1, -0.05) is 0 Å². The van der Waals surface area contributed by atoms with E-state index >= 15 is 0 Å². The topological polar surface area (TPSA) is 90.7 Å². The Bertz CT molecular complexity index is 916. The lowest BCUT2D eigenvalue weighted by Gasteiger charge is -2.27. The molecule has 156 valence electrons. The van der Waals surface area contributed by atoms with Crippen molar-refractivity contribution >= 4 is 17.7 Å². The Labute approximate surface area is 170 Å². The van der Waals surface area contributed by atoms with Crippen LogP contribution in [0.1, 0.15) is 31.9 Å². The number of rotatable bonds is 6. The third-order valence-corrected chi connectivity index (χ3v) is 4.18. The number of carbonyl (C=O) groups excluding carboxylic acids is 2. The van der Waals surface area contributed by atoms with Gasteiger partial charge in [-0.05, 0) is 51.5 Å². The highest BCUT2D eigenvalue weighted by Crippen LogP contribution is 2.17. The van der Waals surface area contributed by atoms with Crippen LogP contribution in [0, 0.1) is 6.92 Å². The highest BCUT2D eigenvalue weighted by Gasteiger charge is 2.24. The molecule has 2 rings (SSSR count). The second-order valence-electron chi connectivity index (χ2n) is 7.57. The van der Waals surface area contributed by atoms with Gasteiger partial charge in [-0.3, -0.25) is 19.5 Å². The fourth-order valence-electron chi connectivity index (χ4n) is 2.68. The maximum Gasteiger partial charge on any atom is 0.414 e. The summed E-state index contributed by atoms with van der Waals surface area (Å²) in [5, 5.41) is 0. The Hall–Kier alpha value is -3.16. The van der Waals surface area contributed by atoms with Gasteiger partial charge in [0.1, 0.15) is 5.60 Å². The zero-order valence-electron chi connectivity index (χ0n) is 17.5. The average Bonchev–Trinajstić information content (AvgIpc) is 2.66. The molecule has 2 aromatic heterocycles. The van der Waals surface area contributed by atoms with Crippen LogP contribution in [0.3, 0.4) is 0 Å². The van der Waals surface area contributed by atoms with Crippen LogP contribution in [0.5, 0.6) is 0 Å². The fraction of sp³-hybridized carbons (Fsp3) is 0.429. The van der Waals surface area contributed by atoms with Gasteiger partial charge < -0.3 is 14.0 Å². The molecular formula is C21H27N3O5. The van der Waals surface area contributed by atoms with Gasteiger partial charge in [0, 0.05) is 31.0 Å². The minimum absolute atomic E-state index is 0.0968. The smallest absolute Gasteiger partial charge is 0.414 e. The predicted octanol–water partition coefficient (Wildman–Crippen LogP) is 2.71. The van der Waals surface area contributed by atoms with Gasteiger partial charge in [-0.15, -0.1) is 0 Å². The van der Waals surface area contributed by atoms with E-state index in [4.69, 9.17) is 4.74 Å². The van der Waals surface area contributed by atoms with Crippen LogP contribution in [0.4, 0.5) is 10.5 Å². The molecule has 2 heterocycles. The van der Waals surface area contributed by atoms with Gasteiger partial charge in [0.25, 0.3) is 5.56 Å². The molecule has 0 bridgehead atoms. The number of hydrogen-bond acceptors (Lipinski definition) is 6. The fourth-order valence-corrected chi connectivity index (χ4v) is 2.68. The van der Waals surface area contributed by atoms with Crippen LogP contribution in [0.25, 0.3) is 0 Å². The maximum absolute atomic E-state index is 12.8. The molecule has 0 saturated carbocycles. The minimum atomic E-state index is -0.661. The first kappa shape index (κ1) is 22.1. The zero-order chi connectivity index (χ0) is 21.6. The van der Waals surface area contributed by atoms with E-state index in [1.807, 2.05) is 0 Å². The maximum atomic E-state index is 12.8. The molecule has 1 amide bonds. The van der Waals surface area contributed by atoms with E-state index in [1.165, 1.54) is 16.6 Å². The number of carbonyl (C=O) groups is 2. The number of methoxy groups -OCH3 is 1. The summed E-state index contributed by atoms with van der Waals surface area (Å²) >= 11 is 0. The van der Waals surface area contributed by atoms with Crippen molar-refractivity contribution in [1.29, 1.82) is 0 Å². The second kappa shape index (κ2) is 9.36. The molecule has 29 heavy (non-hydrogen) atoms. The molecule has 0 fully saturated rings. The van der Waals surface area contributed by atoms with E-state index in [0.29, 0.717) is 16.8 Å². The summed E-state index contributed by atoms with van der Waals surface area (Å²) in [4.78, 5) is 42.6. The number of aromatic nitrogens is 2. The van der Waals surface area contributed by atoms with Crippen molar-refractivity contribution in [2.75, 3.05) is 18.6 Å². The lowest BCUT2D eigenvalue weighted by molar-refractivity contribution is -0.139. The molecule has 0 radical (unpaired) electrons. The molecule has 0 atom stereocenters. The summed E-state index contributed by atoms with van der Waals surface area (Å²) in [5.74, 6) is -0.478. The van der Waals surface area contributed by atoms with Crippen LogP contribution in [-0.4, -0.2) is 40.9 Å². The highest BCUT2D eigenvalue weighted by molar-refractivity contribution is 5.87. The van der Waals surface area contributed by atoms with Gasteiger partial charge in [0.2, 0.25) is 0 Å². The lowest BCUT2D eigenvalue weighted by Crippen LogP contribution is -2.40. The van der Waals surface area contributed by atoms with Crippen LogP contribution in [0.15, 0.2) is 41.6 Å². The second-order valence-corrected chi connectivity index (χ2v) is 7.57. The normalized spacial score (nSPS) is 11.1. The number of amides is 1. The third-order valence-electron chi connectivity index (χ3n) is 4.18. The third kappa shape index (κ3) is 6.17. The van der Waals surface area contributed by atoms with Crippen molar-refractivity contribution in [3.8, 4) is 0 Å². The zero-order valence-corrected chi connectivity index (χ0v) is 17.5. The van der Waals surface area contributed by atoms with Crippen molar-refractivity contribution in [2.24, 2.45) is 0 Å². The van der Waals surface area contributed by atoms with Crippen LogP contribution in [0.2, 0.25) is 0 Å². The molecule has 8 heteroatoms. The molecular weight excluding hydrogens is 374 g/mol. The molecule has 0 aliphatic heterocycles. The van der Waals surface area contributed by atoms with Crippen molar-refractivity contribution in [3.05, 3.63) is 58.3 Å². The quantitative estimate of drug-likeness (QED) is 0.691. The number of anilines is 1. The van der Waals surface area contributed by atoms with Crippen molar-refractivity contribution < 1.29 is 19.1 Å². The number of pyridine rings is 2. The Balaban J connectivity index is 2.27. The number of ether oxygens (including phenoxy) is 2. The molecule has 0 aliphatic carbocycles. The molecule has 0 N–H and O–H groups in total. The Morgan fingerprint density at radius 1 is 1.24 bits per heavy atom. The van der Waals surface area contributed by atoms with Crippen LogP contribution < -0.4 is 10.5 Å². The molecule has 0 saturated heterocycles. The summed E-state index contributed by atoms with van der Waals surface area (Å²) in [6.07, 6.45) is 4.20. The molecule has 0 aliphatic rings. The first-order chi connectivity index (χ1) is 13.6. The average molecular weight is 401 g/mol. The largest absolute Gasteiger partial charge is 0.469 e. The number of esters is 1. The number of aryl methyl sites for hydroxylation is 1. The van der Waals surface area contributed by atoms with E-state index in [0.717, 1.165) is 0 Å². The van der Waals surface area contributed by atoms with Crippen molar-refractivity contribution in [3.63, 3.8) is 0 Å². The standard InChI is InChI=1S/C21H27N3O5/c1-15-8-10-23(19(26)17(15)13-18(25)28-5)11-12-24(16-7-6-9-22-14-16)20(27)29-21(2,3)4/h6-10,14H,11-13H2,1-5H3. The highest BCUT2D eigenvalue weighted by atomic mass is 16.6. The number of nitrogens with zero attached hydrogens (tertiary/aromatic N) is 3. The van der Waals surface area contributed by atoms with Crippen molar-refractivity contribution in [1.82, 2.24) is 9.55 Å². The Kier molecular flexibility index (Phi) is 7.14. The van der Waals surface area contributed by atoms with Crippen LogP contribution in [-0.2, 0) is 27.2 Å². The van der Waals surface area contributed by atoms with E-state index < -0.39 is 17.7 Å². The van der Waals surface area contributed by atoms with Gasteiger partial charge in [-0.25, -0.2) is 4.79 Å².